The average Bonchev–Trinajstić information content (AvgIpc) is 2.75. The molecule has 156 valence electrons. The molecular formula is C22H31N5O2. The van der Waals surface area contributed by atoms with Crippen LogP contribution in [0.5, 0.6) is 0 Å². The third-order valence-electron chi connectivity index (χ3n) is 6.34. The van der Waals surface area contributed by atoms with Gasteiger partial charge in [0.2, 0.25) is 0 Å². The molecule has 0 radical (unpaired) electrons. The van der Waals surface area contributed by atoms with Gasteiger partial charge in [0.25, 0.3) is 10.9 Å². The molecule has 29 heavy (non-hydrogen) atoms. The van der Waals surface area contributed by atoms with Crippen molar-refractivity contribution in [2.75, 3.05) is 83.2 Å². The van der Waals surface area contributed by atoms with Crippen LogP contribution in [0.15, 0.2) is 39.9 Å². The minimum absolute atomic E-state index is 0.176. The molecule has 0 unspecified atom stereocenters. The quantitative estimate of drug-likeness (QED) is 0.710. The molecule has 1 N–H and O–H groups in total. The maximum absolute atomic E-state index is 12.3. The minimum Gasteiger partial charge on any atom is -0.378 e. The Balaban J connectivity index is 1.50. The van der Waals surface area contributed by atoms with Crippen molar-refractivity contribution in [3.05, 3.63) is 56.3 Å². The summed E-state index contributed by atoms with van der Waals surface area (Å²) in [5.74, 6) is 0. The summed E-state index contributed by atoms with van der Waals surface area (Å²) in [6.07, 6.45) is 0. The maximum atomic E-state index is 12.3. The van der Waals surface area contributed by atoms with E-state index in [1.807, 2.05) is 6.07 Å². The molecule has 0 bridgehead atoms. The first-order chi connectivity index (χ1) is 14.0. The molecule has 0 spiro atoms. The van der Waals surface area contributed by atoms with Gasteiger partial charge in [0.05, 0.1) is 6.04 Å². The molecule has 0 aromatic heterocycles. The molecule has 2 aromatic carbocycles. The van der Waals surface area contributed by atoms with Crippen LogP contribution < -0.4 is 21.1 Å². The van der Waals surface area contributed by atoms with Gasteiger partial charge in [-0.1, -0.05) is 30.3 Å². The van der Waals surface area contributed by atoms with E-state index in [-0.39, 0.29) is 16.9 Å². The van der Waals surface area contributed by atoms with Crippen LogP contribution in [0.2, 0.25) is 0 Å². The van der Waals surface area contributed by atoms with E-state index < -0.39 is 0 Å². The van der Waals surface area contributed by atoms with E-state index in [0.717, 1.165) is 52.4 Å². The number of hydrogen-bond acceptors (Lipinski definition) is 7. The van der Waals surface area contributed by atoms with E-state index in [9.17, 15) is 9.59 Å². The number of rotatable bonds is 6. The maximum Gasteiger partial charge on any atom is 0.253 e. The number of hydrogen-bond donors (Lipinski definition) is 1. The first-order valence-electron chi connectivity index (χ1n) is 10.5. The predicted octanol–water partition coefficient (Wildman–Crippen LogP) is 0.435. The Kier molecular flexibility index (Phi) is 5.99. The first kappa shape index (κ1) is 20.1. The molecule has 1 atom stereocenters. The predicted molar refractivity (Wildman–Crippen MR) is 118 cm³/mol. The second kappa shape index (κ2) is 8.65. The Labute approximate surface area is 172 Å². The smallest absolute Gasteiger partial charge is 0.253 e. The fourth-order valence-electron chi connectivity index (χ4n) is 4.34. The highest BCUT2D eigenvalue weighted by atomic mass is 16.2. The van der Waals surface area contributed by atoms with Gasteiger partial charge in [-0.3, -0.25) is 14.5 Å². The van der Waals surface area contributed by atoms with Crippen molar-refractivity contribution in [1.82, 2.24) is 14.7 Å². The zero-order valence-electron chi connectivity index (χ0n) is 17.4. The van der Waals surface area contributed by atoms with Gasteiger partial charge in [-0.15, -0.1) is 0 Å². The standard InChI is InChI=1S/C22H31N5O2/c1-24-8-12-26(13-9-24)18(17-6-4-3-5-7-17)16-23-19-20(22(29)21(19)28)27-14-10-25(2)11-15-27/h3-7,18,23H,8-16H2,1-2H3/t18-/m1/s1. The fraction of sp³-hybridized carbons (Fsp3) is 0.545. The molecular weight excluding hydrogens is 366 g/mol. The molecule has 0 saturated carbocycles. The summed E-state index contributed by atoms with van der Waals surface area (Å²) >= 11 is 0. The van der Waals surface area contributed by atoms with Crippen LogP contribution in [0.25, 0.3) is 0 Å². The zero-order chi connectivity index (χ0) is 20.4. The van der Waals surface area contributed by atoms with E-state index in [1.54, 1.807) is 0 Å². The van der Waals surface area contributed by atoms with Crippen LogP contribution in [-0.2, 0) is 0 Å². The van der Waals surface area contributed by atoms with Crippen LogP contribution in [0.3, 0.4) is 0 Å². The van der Waals surface area contributed by atoms with Gasteiger partial charge in [-0.05, 0) is 19.7 Å². The van der Waals surface area contributed by atoms with Gasteiger partial charge in [-0.2, -0.15) is 0 Å². The van der Waals surface area contributed by atoms with E-state index >= 15 is 0 Å². The van der Waals surface area contributed by atoms with E-state index in [4.69, 9.17) is 0 Å². The van der Waals surface area contributed by atoms with Crippen LogP contribution in [0.1, 0.15) is 11.6 Å². The number of piperazine rings is 2. The summed E-state index contributed by atoms with van der Waals surface area (Å²) in [4.78, 5) is 33.7. The normalized spacial score (nSPS) is 20.8. The SMILES string of the molecule is CN1CCN(c2c(NC[C@H](c3ccccc3)N3CCN(C)CC3)c(=O)c2=O)CC1. The van der Waals surface area contributed by atoms with Crippen molar-refractivity contribution in [3.8, 4) is 0 Å². The first-order valence-corrected chi connectivity index (χ1v) is 10.5. The van der Waals surface area contributed by atoms with Crippen LogP contribution in [0.4, 0.5) is 11.4 Å². The summed E-state index contributed by atoms with van der Waals surface area (Å²) in [7, 11) is 4.23. The lowest BCUT2D eigenvalue weighted by atomic mass is 10.0. The van der Waals surface area contributed by atoms with Gasteiger partial charge in [0, 0.05) is 58.9 Å². The highest BCUT2D eigenvalue weighted by Gasteiger charge is 2.30. The zero-order valence-corrected chi connectivity index (χ0v) is 17.4. The van der Waals surface area contributed by atoms with Crippen molar-refractivity contribution in [1.29, 1.82) is 0 Å². The molecule has 7 nitrogen and oxygen atoms in total. The minimum atomic E-state index is -0.371. The molecule has 2 aromatic rings. The Morgan fingerprint density at radius 1 is 0.828 bits per heavy atom. The Morgan fingerprint density at radius 2 is 1.41 bits per heavy atom. The Hall–Kier alpha value is -2.22. The van der Waals surface area contributed by atoms with E-state index in [2.05, 4.69) is 63.3 Å². The van der Waals surface area contributed by atoms with Crippen molar-refractivity contribution >= 4 is 11.4 Å². The lowest BCUT2D eigenvalue weighted by molar-refractivity contribution is 0.116. The number of likely N-dealkylation sites (N-methyl/N-ethyl adjacent to an activating group) is 2. The molecule has 2 saturated heterocycles. The highest BCUT2D eigenvalue weighted by Crippen LogP contribution is 2.26. The molecule has 0 amide bonds. The third-order valence-corrected chi connectivity index (χ3v) is 6.34. The monoisotopic (exact) mass is 397 g/mol. The highest BCUT2D eigenvalue weighted by molar-refractivity contribution is 5.75. The summed E-state index contributed by atoms with van der Waals surface area (Å²) in [5.41, 5.74) is 1.63. The van der Waals surface area contributed by atoms with Gasteiger partial charge in [0.15, 0.2) is 0 Å². The van der Waals surface area contributed by atoms with E-state index in [1.165, 1.54) is 5.56 Å². The molecule has 2 aliphatic rings. The number of benzene rings is 1. The Morgan fingerprint density at radius 3 is 2.03 bits per heavy atom. The summed E-state index contributed by atoms with van der Waals surface area (Å²) in [5, 5.41) is 3.36. The van der Waals surface area contributed by atoms with Gasteiger partial charge >= 0.3 is 0 Å². The number of nitrogens with one attached hydrogen (secondary N) is 1. The summed E-state index contributed by atoms with van der Waals surface area (Å²) < 4.78 is 0. The molecule has 0 aliphatic carbocycles. The summed E-state index contributed by atoms with van der Waals surface area (Å²) in [6, 6.07) is 10.6. The van der Waals surface area contributed by atoms with Crippen molar-refractivity contribution < 1.29 is 0 Å². The summed E-state index contributed by atoms with van der Waals surface area (Å²) in [6.45, 7) is 8.08. The average molecular weight is 398 g/mol. The molecule has 2 heterocycles. The van der Waals surface area contributed by atoms with E-state index in [0.29, 0.717) is 17.9 Å². The Bertz CT molecular complexity index is 876. The lowest BCUT2D eigenvalue weighted by Gasteiger charge is -2.39. The molecule has 7 heteroatoms. The van der Waals surface area contributed by atoms with Gasteiger partial charge in [0.1, 0.15) is 11.4 Å². The number of anilines is 2. The topological polar surface area (TPSA) is 59.1 Å². The van der Waals surface area contributed by atoms with Crippen molar-refractivity contribution in [2.45, 2.75) is 6.04 Å². The second-order valence-corrected chi connectivity index (χ2v) is 8.32. The van der Waals surface area contributed by atoms with Crippen LogP contribution in [0, 0.1) is 0 Å². The van der Waals surface area contributed by atoms with Gasteiger partial charge in [-0.25, -0.2) is 0 Å². The molecule has 2 fully saturated rings. The largest absolute Gasteiger partial charge is 0.378 e. The second-order valence-electron chi connectivity index (χ2n) is 8.32. The third kappa shape index (κ3) is 4.22. The molecule has 4 rings (SSSR count). The number of nitrogens with zero attached hydrogens (tertiary/aromatic N) is 4. The van der Waals surface area contributed by atoms with Crippen molar-refractivity contribution in [2.24, 2.45) is 0 Å². The van der Waals surface area contributed by atoms with Gasteiger partial charge < -0.3 is 20.0 Å². The van der Waals surface area contributed by atoms with Crippen LogP contribution in [-0.4, -0.2) is 87.7 Å². The fourth-order valence-corrected chi connectivity index (χ4v) is 4.34. The van der Waals surface area contributed by atoms with Crippen LogP contribution >= 0.6 is 0 Å². The lowest BCUT2D eigenvalue weighted by Crippen LogP contribution is -2.51. The van der Waals surface area contributed by atoms with Crippen molar-refractivity contribution in [3.63, 3.8) is 0 Å². The molecule has 2 aliphatic heterocycles.